The molecule has 0 aromatic carbocycles. The Kier molecular flexibility index (Phi) is 5.68. The Morgan fingerprint density at radius 3 is 2.83 bits per heavy atom. The van der Waals surface area contributed by atoms with Crippen LogP contribution in [0, 0.1) is 0 Å². The lowest BCUT2D eigenvalue weighted by Gasteiger charge is -2.19. The van der Waals surface area contributed by atoms with E-state index in [1.165, 1.54) is 23.3 Å². The second-order valence-electron chi connectivity index (χ2n) is 5.94. The van der Waals surface area contributed by atoms with Crippen molar-refractivity contribution in [3.05, 3.63) is 43.8 Å². The third-order valence-corrected chi connectivity index (χ3v) is 6.35. The quantitative estimate of drug-likeness (QED) is 0.855. The topological polar surface area (TPSA) is 49.4 Å². The monoisotopic (exact) mass is 362 g/mol. The Labute approximate surface area is 150 Å². The van der Waals surface area contributed by atoms with Crippen LogP contribution in [-0.2, 0) is 24.2 Å². The van der Waals surface area contributed by atoms with Crippen LogP contribution >= 0.6 is 22.7 Å². The molecule has 0 bridgehead atoms. The first-order valence-electron chi connectivity index (χ1n) is 8.37. The van der Waals surface area contributed by atoms with E-state index in [2.05, 4.69) is 5.32 Å². The predicted molar refractivity (Wildman–Crippen MR) is 98.7 cm³/mol. The molecule has 24 heavy (non-hydrogen) atoms. The van der Waals surface area contributed by atoms with Gasteiger partial charge in [0, 0.05) is 16.3 Å². The van der Waals surface area contributed by atoms with Gasteiger partial charge in [0.2, 0.25) is 5.91 Å². The average molecular weight is 363 g/mol. The molecule has 2 heterocycles. The van der Waals surface area contributed by atoms with E-state index >= 15 is 0 Å². The summed E-state index contributed by atoms with van der Waals surface area (Å²) >= 11 is 3.22. The number of amides is 2. The van der Waals surface area contributed by atoms with E-state index in [0.29, 0.717) is 13.1 Å². The molecule has 2 aromatic heterocycles. The first-order chi connectivity index (χ1) is 11.7. The highest BCUT2D eigenvalue weighted by Gasteiger charge is 2.22. The number of rotatable bonds is 6. The molecule has 6 heteroatoms. The van der Waals surface area contributed by atoms with Crippen molar-refractivity contribution in [2.75, 3.05) is 13.1 Å². The fourth-order valence-corrected chi connectivity index (χ4v) is 4.77. The molecule has 2 aromatic rings. The summed E-state index contributed by atoms with van der Waals surface area (Å²) in [7, 11) is 0. The van der Waals surface area contributed by atoms with Crippen molar-refractivity contribution in [3.63, 3.8) is 0 Å². The summed E-state index contributed by atoms with van der Waals surface area (Å²) in [5.74, 6) is -0.136. The van der Waals surface area contributed by atoms with E-state index in [9.17, 15) is 9.59 Å². The first-order valence-corrected chi connectivity index (χ1v) is 10.1. The van der Waals surface area contributed by atoms with Crippen LogP contribution in [0.25, 0.3) is 0 Å². The van der Waals surface area contributed by atoms with Crippen molar-refractivity contribution in [2.24, 2.45) is 0 Å². The highest BCUT2D eigenvalue weighted by Crippen LogP contribution is 2.30. The normalized spacial score (nSPS) is 13.4. The molecule has 0 spiro atoms. The van der Waals surface area contributed by atoms with Crippen molar-refractivity contribution < 1.29 is 9.59 Å². The van der Waals surface area contributed by atoms with Crippen LogP contribution < -0.4 is 5.32 Å². The molecular formula is C18H22N2O2S2. The molecule has 0 radical (unpaired) electrons. The zero-order valence-corrected chi connectivity index (χ0v) is 15.5. The molecule has 0 fully saturated rings. The van der Waals surface area contributed by atoms with Gasteiger partial charge in [0.15, 0.2) is 0 Å². The molecule has 0 atom stereocenters. The van der Waals surface area contributed by atoms with Crippen molar-refractivity contribution in [3.8, 4) is 0 Å². The summed E-state index contributed by atoms with van der Waals surface area (Å²) in [5.41, 5.74) is 1.33. The lowest BCUT2D eigenvalue weighted by Crippen LogP contribution is -2.40. The van der Waals surface area contributed by atoms with Gasteiger partial charge < -0.3 is 10.2 Å². The summed E-state index contributed by atoms with van der Waals surface area (Å²) in [5, 5.41) is 4.87. The van der Waals surface area contributed by atoms with Crippen LogP contribution in [0.1, 0.15) is 44.8 Å². The number of hydrogen-bond donors (Lipinski definition) is 1. The highest BCUT2D eigenvalue weighted by molar-refractivity contribution is 7.14. The second-order valence-corrected chi connectivity index (χ2v) is 8.11. The third-order valence-electron chi connectivity index (χ3n) is 4.25. The van der Waals surface area contributed by atoms with Crippen LogP contribution in [0.5, 0.6) is 0 Å². The number of thiophene rings is 2. The summed E-state index contributed by atoms with van der Waals surface area (Å²) < 4.78 is 0. The maximum absolute atomic E-state index is 12.7. The van der Waals surface area contributed by atoms with Gasteiger partial charge in [-0.15, -0.1) is 22.7 Å². The van der Waals surface area contributed by atoms with Crippen LogP contribution in [0.4, 0.5) is 0 Å². The van der Waals surface area contributed by atoms with Crippen molar-refractivity contribution in [1.29, 1.82) is 0 Å². The van der Waals surface area contributed by atoms with Gasteiger partial charge in [-0.3, -0.25) is 9.59 Å². The minimum absolute atomic E-state index is 0.0248. The Morgan fingerprint density at radius 2 is 2.12 bits per heavy atom. The number of nitrogens with zero attached hydrogens (tertiary/aromatic N) is 1. The lowest BCUT2D eigenvalue weighted by atomic mass is 9.99. The molecule has 128 valence electrons. The summed E-state index contributed by atoms with van der Waals surface area (Å²) in [6, 6.07) is 5.99. The number of aryl methyl sites for hydroxylation is 2. The van der Waals surface area contributed by atoms with Crippen molar-refractivity contribution >= 4 is 34.5 Å². The molecule has 1 N–H and O–H groups in total. The van der Waals surface area contributed by atoms with Crippen LogP contribution in [0.3, 0.4) is 0 Å². The number of hydrogen-bond acceptors (Lipinski definition) is 4. The maximum atomic E-state index is 12.7. The van der Waals surface area contributed by atoms with Gasteiger partial charge in [0.1, 0.15) is 0 Å². The van der Waals surface area contributed by atoms with Gasteiger partial charge in [-0.25, -0.2) is 0 Å². The van der Waals surface area contributed by atoms with Gasteiger partial charge in [-0.05, 0) is 55.7 Å². The summed E-state index contributed by atoms with van der Waals surface area (Å²) in [6.07, 6.45) is 4.58. The Morgan fingerprint density at radius 1 is 1.29 bits per heavy atom. The van der Waals surface area contributed by atoms with E-state index in [4.69, 9.17) is 0 Å². The fraction of sp³-hybridized carbons (Fsp3) is 0.444. The minimum atomic E-state index is -0.111. The molecular weight excluding hydrogens is 340 g/mol. The van der Waals surface area contributed by atoms with Crippen LogP contribution in [0.2, 0.25) is 0 Å². The number of likely N-dealkylation sites (N-methyl/N-ethyl adjacent to an activating group) is 1. The molecule has 2 amide bonds. The molecule has 0 saturated heterocycles. The molecule has 4 nitrogen and oxygen atoms in total. The zero-order chi connectivity index (χ0) is 16.9. The van der Waals surface area contributed by atoms with Gasteiger partial charge >= 0.3 is 0 Å². The predicted octanol–water partition coefficient (Wildman–Crippen LogP) is 3.47. The first kappa shape index (κ1) is 17.2. The Hall–Kier alpha value is -1.66. The molecule has 1 aliphatic carbocycles. The molecule has 1 aliphatic rings. The van der Waals surface area contributed by atoms with Gasteiger partial charge in [0.25, 0.3) is 5.91 Å². The van der Waals surface area contributed by atoms with E-state index < -0.39 is 0 Å². The Balaban J connectivity index is 1.59. The lowest BCUT2D eigenvalue weighted by molar-refractivity contribution is -0.121. The van der Waals surface area contributed by atoms with Crippen molar-refractivity contribution in [1.82, 2.24) is 10.2 Å². The summed E-state index contributed by atoms with van der Waals surface area (Å²) in [6.45, 7) is 3.09. The number of carbonyl (C=O) groups is 2. The van der Waals surface area contributed by atoms with Crippen LogP contribution in [0.15, 0.2) is 23.6 Å². The van der Waals surface area contributed by atoms with Gasteiger partial charge in [0.05, 0.1) is 18.0 Å². The summed E-state index contributed by atoms with van der Waals surface area (Å²) in [4.78, 5) is 29.7. The SMILES string of the molecule is CCN(CC(=O)NCc1cccs1)C(=O)c1cc2c(s1)CCCC2. The molecule has 0 saturated carbocycles. The molecule has 0 aliphatic heterocycles. The second kappa shape index (κ2) is 7.94. The van der Waals surface area contributed by atoms with Crippen LogP contribution in [-0.4, -0.2) is 29.8 Å². The average Bonchev–Trinajstić information content (AvgIpc) is 3.26. The zero-order valence-electron chi connectivity index (χ0n) is 13.8. The fourth-order valence-electron chi connectivity index (χ4n) is 2.91. The molecule has 3 rings (SSSR count). The smallest absolute Gasteiger partial charge is 0.264 e. The standard InChI is InChI=1S/C18H22N2O2S2/c1-2-20(12-17(21)19-11-14-7-5-9-23-14)18(22)16-10-13-6-3-4-8-15(13)24-16/h5,7,9-10H,2-4,6,8,11-12H2,1H3,(H,19,21). The van der Waals surface area contributed by atoms with E-state index in [-0.39, 0.29) is 18.4 Å². The maximum Gasteiger partial charge on any atom is 0.264 e. The largest absolute Gasteiger partial charge is 0.350 e. The number of fused-ring (bicyclic) bond motifs is 1. The number of carbonyl (C=O) groups excluding carboxylic acids is 2. The van der Waals surface area contributed by atoms with E-state index in [0.717, 1.165) is 22.6 Å². The number of nitrogens with one attached hydrogen (secondary N) is 1. The van der Waals surface area contributed by atoms with E-state index in [1.807, 2.05) is 30.5 Å². The van der Waals surface area contributed by atoms with Gasteiger partial charge in [-0.2, -0.15) is 0 Å². The highest BCUT2D eigenvalue weighted by atomic mass is 32.1. The third kappa shape index (κ3) is 4.05. The Bertz CT molecular complexity index is 683. The van der Waals surface area contributed by atoms with E-state index in [1.54, 1.807) is 27.6 Å². The van der Waals surface area contributed by atoms with Crippen molar-refractivity contribution in [2.45, 2.75) is 39.2 Å². The minimum Gasteiger partial charge on any atom is -0.350 e. The molecule has 0 unspecified atom stereocenters. The van der Waals surface area contributed by atoms with Gasteiger partial charge in [-0.1, -0.05) is 6.07 Å².